The van der Waals surface area contributed by atoms with Crippen LogP contribution in [-0.4, -0.2) is 27.0 Å². The predicted molar refractivity (Wildman–Crippen MR) is 129 cm³/mol. The van der Waals surface area contributed by atoms with Gasteiger partial charge in [0.25, 0.3) is 5.91 Å². The highest BCUT2D eigenvalue weighted by molar-refractivity contribution is 5.98. The number of carbonyl (C=O) groups excluding carboxylic acids is 1. The van der Waals surface area contributed by atoms with Gasteiger partial charge in [-0.05, 0) is 37.1 Å². The average molecular weight is 495 g/mol. The van der Waals surface area contributed by atoms with Crippen molar-refractivity contribution in [1.82, 2.24) is 15.3 Å². The molecular weight excluding hydrogens is 461 g/mol. The normalized spacial score (nSPS) is 13.9. The first-order chi connectivity index (χ1) is 16.8. The summed E-state index contributed by atoms with van der Waals surface area (Å²) in [6.07, 6.45) is 0.369. The Morgan fingerprint density at radius 3 is 2.34 bits per heavy atom. The van der Waals surface area contributed by atoms with E-state index in [0.29, 0.717) is 5.56 Å². The van der Waals surface area contributed by atoms with Gasteiger partial charge in [-0.1, -0.05) is 47.0 Å². The van der Waals surface area contributed by atoms with Crippen molar-refractivity contribution in [3.05, 3.63) is 41.4 Å². The van der Waals surface area contributed by atoms with Gasteiger partial charge in [-0.2, -0.15) is 13.2 Å². The lowest BCUT2D eigenvalue weighted by Crippen LogP contribution is -2.36. The van der Waals surface area contributed by atoms with Crippen molar-refractivity contribution in [2.24, 2.45) is 5.73 Å². The number of phenols is 1. The lowest BCUT2D eigenvalue weighted by Gasteiger charge is -2.22. The van der Waals surface area contributed by atoms with Crippen LogP contribution >= 0.6 is 0 Å². The van der Waals surface area contributed by atoms with Crippen molar-refractivity contribution in [3.8, 4) is 17.2 Å². The summed E-state index contributed by atoms with van der Waals surface area (Å²) in [6, 6.07) is 4.72. The van der Waals surface area contributed by atoms with Crippen LogP contribution in [-0.2, 0) is 12.7 Å². The Hall–Kier alpha value is -3.14. The van der Waals surface area contributed by atoms with Crippen LogP contribution in [0.3, 0.4) is 0 Å². The highest BCUT2D eigenvalue weighted by Crippen LogP contribution is 2.36. The maximum Gasteiger partial charge on any atom is 0.433 e. The molecule has 192 valence electrons. The maximum atomic E-state index is 13.0. The molecule has 3 aromatic rings. The Labute approximate surface area is 202 Å². The Bertz CT molecular complexity index is 1120. The number of amides is 1. The third-order valence-corrected chi connectivity index (χ3v) is 5.39. The molecule has 1 aliphatic carbocycles. The molecule has 1 aliphatic rings. The second kappa shape index (κ2) is 12.5. The van der Waals surface area contributed by atoms with E-state index in [9.17, 15) is 23.1 Å². The van der Waals surface area contributed by atoms with Gasteiger partial charge in [0.15, 0.2) is 11.5 Å². The molecule has 4 N–H and O–H groups in total. The molecule has 1 fully saturated rings. The number of nitrogens with two attached hydrogens (primary N) is 1. The molecule has 0 spiro atoms. The zero-order valence-corrected chi connectivity index (χ0v) is 20.5. The van der Waals surface area contributed by atoms with Gasteiger partial charge in [0.05, 0.1) is 6.54 Å². The molecule has 1 aromatic carbocycles. The molecule has 10 heteroatoms. The first-order valence-corrected chi connectivity index (χ1v) is 12.0. The molecule has 0 saturated heterocycles. The molecule has 2 heterocycles. The second-order valence-electron chi connectivity index (χ2n) is 7.53. The maximum absolute atomic E-state index is 13.0. The highest BCUT2D eigenvalue weighted by Gasteiger charge is 2.33. The van der Waals surface area contributed by atoms with Crippen molar-refractivity contribution in [1.29, 1.82) is 0 Å². The van der Waals surface area contributed by atoms with Gasteiger partial charge >= 0.3 is 6.18 Å². The minimum absolute atomic E-state index is 0.0146. The summed E-state index contributed by atoms with van der Waals surface area (Å²) < 4.78 is 44.7. The topological polar surface area (TPSA) is 114 Å². The van der Waals surface area contributed by atoms with E-state index in [1.807, 2.05) is 27.7 Å². The van der Waals surface area contributed by atoms with Crippen LogP contribution in [0.5, 0.6) is 5.75 Å². The summed E-state index contributed by atoms with van der Waals surface area (Å²) in [6.45, 7) is 7.92. The molecule has 0 unspecified atom stereocenters. The molecular formula is C25H33F3N4O3. The van der Waals surface area contributed by atoms with Crippen molar-refractivity contribution < 1.29 is 27.5 Å². The molecule has 0 aliphatic heterocycles. The Morgan fingerprint density at radius 1 is 1.09 bits per heavy atom. The van der Waals surface area contributed by atoms with Gasteiger partial charge in [0, 0.05) is 17.0 Å². The summed E-state index contributed by atoms with van der Waals surface area (Å²) in [7, 11) is 0. The number of alkyl halides is 3. The first-order valence-electron chi connectivity index (χ1n) is 12.0. The van der Waals surface area contributed by atoms with Crippen molar-refractivity contribution in [2.45, 2.75) is 78.6 Å². The number of fused-ring (bicyclic) bond motifs is 1. The average Bonchev–Trinajstić information content (AvgIpc) is 3.31. The van der Waals surface area contributed by atoms with Gasteiger partial charge in [-0.3, -0.25) is 4.79 Å². The molecule has 2 aromatic heterocycles. The van der Waals surface area contributed by atoms with Crippen LogP contribution in [0, 0.1) is 0 Å². The molecule has 7 nitrogen and oxygen atoms in total. The van der Waals surface area contributed by atoms with Gasteiger partial charge in [0.2, 0.25) is 5.89 Å². The van der Waals surface area contributed by atoms with Gasteiger partial charge < -0.3 is 20.6 Å². The highest BCUT2D eigenvalue weighted by atomic mass is 19.4. The van der Waals surface area contributed by atoms with Crippen LogP contribution in [0.2, 0.25) is 0 Å². The van der Waals surface area contributed by atoms with E-state index < -0.39 is 23.5 Å². The largest absolute Gasteiger partial charge is 0.506 e. The Balaban J connectivity index is 0.00000103. The molecule has 0 atom stereocenters. The first kappa shape index (κ1) is 28.1. The van der Waals surface area contributed by atoms with E-state index >= 15 is 0 Å². The number of halogens is 3. The Morgan fingerprint density at radius 2 is 1.74 bits per heavy atom. The number of hydrogen-bond acceptors (Lipinski definition) is 6. The summed E-state index contributed by atoms with van der Waals surface area (Å²) in [5.74, 6) is -0.626. The zero-order valence-electron chi connectivity index (χ0n) is 20.5. The number of nitrogens with zero attached hydrogens (tertiary/aromatic N) is 2. The number of nitrogens with one attached hydrogen (secondary N) is 1. The lowest BCUT2D eigenvalue weighted by molar-refractivity contribution is -0.140. The number of rotatable bonds is 4. The molecule has 1 saturated carbocycles. The van der Waals surface area contributed by atoms with Crippen molar-refractivity contribution in [3.63, 3.8) is 0 Å². The fourth-order valence-corrected chi connectivity index (χ4v) is 3.83. The van der Waals surface area contributed by atoms with Crippen LogP contribution < -0.4 is 11.1 Å². The molecule has 1 amide bonds. The predicted octanol–water partition coefficient (Wildman–Crippen LogP) is 6.19. The van der Waals surface area contributed by atoms with E-state index in [1.165, 1.54) is 18.2 Å². The van der Waals surface area contributed by atoms with Gasteiger partial charge in [0.1, 0.15) is 17.0 Å². The molecule has 4 rings (SSSR count). The second-order valence-corrected chi connectivity index (χ2v) is 7.53. The van der Waals surface area contributed by atoms with Crippen LogP contribution in [0.15, 0.2) is 28.7 Å². The number of aromatic nitrogens is 2. The van der Waals surface area contributed by atoms with Crippen LogP contribution in [0.4, 0.5) is 13.2 Å². The van der Waals surface area contributed by atoms with Gasteiger partial charge in [-0.25, -0.2) is 9.97 Å². The third kappa shape index (κ3) is 6.50. The third-order valence-electron chi connectivity index (χ3n) is 5.39. The number of aromatic hydroxyl groups is 1. The molecule has 0 radical (unpaired) electrons. The number of hydrogen-bond donors (Lipinski definition) is 3. The fraction of sp³-hybridized carbons (Fsp3) is 0.480. The standard InChI is InChI=1S/C21H21F3N4O3.2C2H6/c22-21(23,24)16-9-7-12-13(6-8-14(29)17(12)27-16)20-28-18(15(10-25)31-20)19(30)26-11-4-2-1-3-5-11;2*1-2/h6-9,11,29H,1-5,10,25H2,(H,26,30);2*1-2H3. The fourth-order valence-electron chi connectivity index (χ4n) is 3.83. The summed E-state index contributed by atoms with van der Waals surface area (Å²) in [5, 5.41) is 13.2. The molecule has 0 bridgehead atoms. The van der Waals surface area contributed by atoms with E-state index in [0.717, 1.165) is 38.2 Å². The number of pyridine rings is 1. The van der Waals surface area contributed by atoms with E-state index in [2.05, 4.69) is 15.3 Å². The SMILES string of the molecule is CC.CC.NCc1oc(-c2ccc(O)c3nc(C(F)(F)F)ccc23)nc1C(=O)NC1CCCCC1. The van der Waals surface area contributed by atoms with Crippen LogP contribution in [0.1, 0.15) is 81.7 Å². The monoisotopic (exact) mass is 494 g/mol. The minimum atomic E-state index is -4.66. The summed E-state index contributed by atoms with van der Waals surface area (Å²) in [5.41, 5.74) is 4.69. The number of oxazole rings is 1. The quantitative estimate of drug-likeness (QED) is 0.399. The summed E-state index contributed by atoms with van der Waals surface area (Å²) >= 11 is 0. The smallest absolute Gasteiger partial charge is 0.433 e. The zero-order chi connectivity index (χ0) is 26.2. The van der Waals surface area contributed by atoms with Gasteiger partial charge in [-0.15, -0.1) is 0 Å². The lowest BCUT2D eigenvalue weighted by atomic mass is 9.95. The molecule has 35 heavy (non-hydrogen) atoms. The van der Waals surface area contributed by atoms with E-state index in [-0.39, 0.29) is 40.8 Å². The summed E-state index contributed by atoms with van der Waals surface area (Å²) in [4.78, 5) is 20.6. The minimum Gasteiger partial charge on any atom is -0.506 e. The Kier molecular flexibility index (Phi) is 10.1. The van der Waals surface area contributed by atoms with E-state index in [4.69, 9.17) is 10.2 Å². The number of carbonyl (C=O) groups is 1. The van der Waals surface area contributed by atoms with Crippen molar-refractivity contribution in [2.75, 3.05) is 0 Å². The van der Waals surface area contributed by atoms with Crippen LogP contribution in [0.25, 0.3) is 22.4 Å². The van der Waals surface area contributed by atoms with E-state index in [1.54, 1.807) is 0 Å². The van der Waals surface area contributed by atoms with Crippen molar-refractivity contribution >= 4 is 16.8 Å². The number of benzene rings is 1. The number of phenolic OH excluding ortho intramolecular Hbond substituents is 1.